The first-order valence-corrected chi connectivity index (χ1v) is 5.68. The van der Waals surface area contributed by atoms with Gasteiger partial charge >= 0.3 is 0 Å². The summed E-state index contributed by atoms with van der Waals surface area (Å²) in [5.41, 5.74) is 9.11. The quantitative estimate of drug-likeness (QED) is 0.794. The Morgan fingerprint density at radius 1 is 1.17 bits per heavy atom. The Labute approximate surface area is 106 Å². The van der Waals surface area contributed by atoms with Gasteiger partial charge in [0.15, 0.2) is 0 Å². The molecule has 1 aromatic heterocycles. The Morgan fingerprint density at radius 2 is 1.89 bits per heavy atom. The highest BCUT2D eigenvalue weighted by Gasteiger charge is 2.10. The molecule has 0 saturated heterocycles. The molecule has 0 spiro atoms. The van der Waals surface area contributed by atoms with Crippen LogP contribution in [0.1, 0.15) is 21.7 Å². The molecule has 1 heterocycles. The second-order valence-electron chi connectivity index (χ2n) is 4.13. The number of rotatable bonds is 2. The summed E-state index contributed by atoms with van der Waals surface area (Å²) in [6.07, 6.45) is 0. The second-order valence-corrected chi connectivity index (χ2v) is 4.13. The van der Waals surface area contributed by atoms with Crippen molar-refractivity contribution in [2.45, 2.75) is 13.8 Å². The summed E-state index contributed by atoms with van der Waals surface area (Å²) in [5.74, 6) is -0.221. The molecule has 2 rings (SSSR count). The Kier molecular flexibility index (Phi) is 3.28. The van der Waals surface area contributed by atoms with Crippen molar-refractivity contribution < 1.29 is 4.79 Å². The molecule has 0 radical (unpaired) electrons. The standard InChI is InChI=1S/C14H15N3O/c1-9-7-8-13(10(2)16-9)17-14(18)11-5-3-4-6-12(11)15/h3-8H,15H2,1-2H3,(H,17,18). The molecule has 4 heteroatoms. The van der Waals surface area contributed by atoms with Crippen molar-refractivity contribution in [3.8, 4) is 0 Å². The summed E-state index contributed by atoms with van der Waals surface area (Å²) in [7, 11) is 0. The van der Waals surface area contributed by atoms with Crippen molar-refractivity contribution in [1.29, 1.82) is 0 Å². The molecule has 0 aliphatic heterocycles. The third-order valence-electron chi connectivity index (χ3n) is 2.68. The largest absolute Gasteiger partial charge is 0.398 e. The van der Waals surface area contributed by atoms with Crippen LogP contribution in [0.3, 0.4) is 0 Å². The molecule has 18 heavy (non-hydrogen) atoms. The molecule has 0 saturated carbocycles. The van der Waals surface area contributed by atoms with Gasteiger partial charge in [0.2, 0.25) is 0 Å². The third-order valence-corrected chi connectivity index (χ3v) is 2.68. The van der Waals surface area contributed by atoms with Crippen LogP contribution in [0.15, 0.2) is 36.4 Å². The van der Waals surface area contributed by atoms with Crippen molar-refractivity contribution in [1.82, 2.24) is 4.98 Å². The second kappa shape index (κ2) is 4.87. The summed E-state index contributed by atoms with van der Waals surface area (Å²) in [6, 6.07) is 10.7. The van der Waals surface area contributed by atoms with Gasteiger partial charge in [-0.25, -0.2) is 0 Å². The molecule has 2 aromatic rings. The first-order chi connectivity index (χ1) is 8.58. The van der Waals surface area contributed by atoms with E-state index < -0.39 is 0 Å². The van der Waals surface area contributed by atoms with Crippen LogP contribution < -0.4 is 11.1 Å². The van der Waals surface area contributed by atoms with Gasteiger partial charge in [-0.05, 0) is 38.1 Å². The monoisotopic (exact) mass is 241 g/mol. The zero-order valence-electron chi connectivity index (χ0n) is 10.4. The molecular weight excluding hydrogens is 226 g/mol. The van der Waals surface area contributed by atoms with Gasteiger partial charge in [-0.2, -0.15) is 0 Å². The summed E-state index contributed by atoms with van der Waals surface area (Å²) < 4.78 is 0. The molecule has 3 N–H and O–H groups in total. The van der Waals surface area contributed by atoms with Crippen LogP contribution in [-0.4, -0.2) is 10.9 Å². The third kappa shape index (κ3) is 2.48. The number of carbonyl (C=O) groups excluding carboxylic acids is 1. The number of aromatic nitrogens is 1. The van der Waals surface area contributed by atoms with E-state index in [1.807, 2.05) is 26.0 Å². The minimum absolute atomic E-state index is 0.221. The average Bonchev–Trinajstić information content (AvgIpc) is 2.33. The maximum absolute atomic E-state index is 12.1. The molecule has 1 aromatic carbocycles. The molecule has 0 atom stereocenters. The Bertz CT molecular complexity index is 593. The summed E-state index contributed by atoms with van der Waals surface area (Å²) in [6.45, 7) is 3.77. The summed E-state index contributed by atoms with van der Waals surface area (Å²) >= 11 is 0. The Hall–Kier alpha value is -2.36. The van der Waals surface area contributed by atoms with E-state index in [-0.39, 0.29) is 5.91 Å². The number of benzene rings is 1. The Morgan fingerprint density at radius 3 is 2.56 bits per heavy atom. The molecule has 0 fully saturated rings. The van der Waals surface area contributed by atoms with E-state index in [9.17, 15) is 4.79 Å². The van der Waals surface area contributed by atoms with Gasteiger partial charge in [-0.15, -0.1) is 0 Å². The van der Waals surface area contributed by atoms with Crippen LogP contribution in [0.25, 0.3) is 0 Å². The van der Waals surface area contributed by atoms with Crippen molar-refractivity contribution in [2.24, 2.45) is 0 Å². The van der Waals surface area contributed by atoms with Crippen LogP contribution >= 0.6 is 0 Å². The van der Waals surface area contributed by atoms with Crippen LogP contribution in [0.2, 0.25) is 0 Å². The highest BCUT2D eigenvalue weighted by molar-refractivity contribution is 6.07. The van der Waals surface area contributed by atoms with Crippen molar-refractivity contribution in [3.05, 3.63) is 53.3 Å². The van der Waals surface area contributed by atoms with Gasteiger partial charge in [0.1, 0.15) is 0 Å². The van der Waals surface area contributed by atoms with Crippen LogP contribution in [-0.2, 0) is 0 Å². The predicted octanol–water partition coefficient (Wildman–Crippen LogP) is 2.53. The number of nitrogens with two attached hydrogens (primary N) is 1. The van der Waals surface area contributed by atoms with Gasteiger partial charge in [-0.3, -0.25) is 9.78 Å². The fourth-order valence-corrected chi connectivity index (χ4v) is 1.71. The smallest absolute Gasteiger partial charge is 0.257 e. The van der Waals surface area contributed by atoms with Gasteiger partial charge in [0, 0.05) is 11.4 Å². The van der Waals surface area contributed by atoms with E-state index in [2.05, 4.69) is 10.3 Å². The lowest BCUT2D eigenvalue weighted by Crippen LogP contribution is -2.15. The zero-order chi connectivity index (χ0) is 13.1. The van der Waals surface area contributed by atoms with Crippen LogP contribution in [0.5, 0.6) is 0 Å². The number of nitrogens with zero attached hydrogens (tertiary/aromatic N) is 1. The molecule has 0 aliphatic rings. The molecule has 1 amide bonds. The SMILES string of the molecule is Cc1ccc(NC(=O)c2ccccc2N)c(C)n1. The normalized spacial score (nSPS) is 10.1. The summed E-state index contributed by atoms with van der Waals surface area (Å²) in [4.78, 5) is 16.3. The van der Waals surface area contributed by atoms with Crippen molar-refractivity contribution in [2.75, 3.05) is 11.1 Å². The van der Waals surface area contributed by atoms with Crippen molar-refractivity contribution in [3.63, 3.8) is 0 Å². The number of pyridine rings is 1. The fourth-order valence-electron chi connectivity index (χ4n) is 1.71. The lowest BCUT2D eigenvalue weighted by Gasteiger charge is -2.09. The number of para-hydroxylation sites is 1. The number of aryl methyl sites for hydroxylation is 2. The summed E-state index contributed by atoms with van der Waals surface area (Å²) in [5, 5.41) is 2.81. The minimum Gasteiger partial charge on any atom is -0.398 e. The van der Waals surface area contributed by atoms with E-state index in [4.69, 9.17) is 5.73 Å². The van der Waals surface area contributed by atoms with E-state index >= 15 is 0 Å². The first-order valence-electron chi connectivity index (χ1n) is 5.68. The molecule has 0 bridgehead atoms. The lowest BCUT2D eigenvalue weighted by atomic mass is 10.1. The van der Waals surface area contributed by atoms with Crippen molar-refractivity contribution >= 4 is 17.3 Å². The average molecular weight is 241 g/mol. The topological polar surface area (TPSA) is 68.0 Å². The number of nitrogens with one attached hydrogen (secondary N) is 1. The highest BCUT2D eigenvalue weighted by atomic mass is 16.1. The van der Waals surface area contributed by atoms with Gasteiger partial charge in [0.05, 0.1) is 16.9 Å². The molecule has 92 valence electrons. The van der Waals surface area contributed by atoms with Gasteiger partial charge in [0.25, 0.3) is 5.91 Å². The molecule has 0 aliphatic carbocycles. The Balaban J connectivity index is 2.24. The van der Waals surface area contributed by atoms with E-state index in [1.54, 1.807) is 24.3 Å². The van der Waals surface area contributed by atoms with Crippen LogP contribution in [0.4, 0.5) is 11.4 Å². The first kappa shape index (κ1) is 12.1. The maximum Gasteiger partial charge on any atom is 0.257 e. The number of carbonyl (C=O) groups is 1. The van der Waals surface area contributed by atoms with E-state index in [0.29, 0.717) is 16.9 Å². The highest BCUT2D eigenvalue weighted by Crippen LogP contribution is 2.16. The number of amides is 1. The molecular formula is C14H15N3O. The van der Waals surface area contributed by atoms with Gasteiger partial charge < -0.3 is 11.1 Å². The van der Waals surface area contributed by atoms with E-state index in [0.717, 1.165) is 11.4 Å². The van der Waals surface area contributed by atoms with E-state index in [1.165, 1.54) is 0 Å². The zero-order valence-corrected chi connectivity index (χ0v) is 10.4. The lowest BCUT2D eigenvalue weighted by molar-refractivity contribution is 0.102. The number of hydrogen-bond acceptors (Lipinski definition) is 3. The molecule has 0 unspecified atom stereocenters. The van der Waals surface area contributed by atoms with Crippen LogP contribution in [0, 0.1) is 13.8 Å². The minimum atomic E-state index is -0.221. The fraction of sp³-hybridized carbons (Fsp3) is 0.143. The van der Waals surface area contributed by atoms with Gasteiger partial charge in [-0.1, -0.05) is 12.1 Å². The predicted molar refractivity (Wildman–Crippen MR) is 72.5 cm³/mol. The maximum atomic E-state index is 12.1. The number of anilines is 2. The number of hydrogen-bond donors (Lipinski definition) is 2. The molecule has 4 nitrogen and oxygen atoms in total. The number of nitrogen functional groups attached to an aromatic ring is 1.